The van der Waals surface area contributed by atoms with Crippen LogP contribution in [0.2, 0.25) is 0 Å². The number of fused-ring (bicyclic) bond motifs is 11. The molecule has 252 valence electrons. The smallest absolute Gasteiger partial charge is 0.503 e. The van der Waals surface area contributed by atoms with Crippen molar-refractivity contribution in [2.45, 2.75) is 38.5 Å². The summed E-state index contributed by atoms with van der Waals surface area (Å²) in [6.45, 7) is 9.22. The first-order valence-corrected chi connectivity index (χ1v) is 17.5. The van der Waals surface area contributed by atoms with Gasteiger partial charge in [-0.3, -0.25) is 4.98 Å². The number of benzene rings is 5. The number of pyridine rings is 2. The molecule has 0 saturated carbocycles. The molecular weight excluding hydrogens is 820 g/mol. The average molecular weight is 853 g/mol. The van der Waals surface area contributed by atoms with E-state index in [2.05, 4.69) is 151 Å². The maximum atomic E-state index is 6.66. The molecule has 8 aromatic rings. The fourth-order valence-electron chi connectivity index (χ4n) is 8.81. The van der Waals surface area contributed by atoms with Crippen LogP contribution in [0.25, 0.3) is 38.4 Å². The maximum Gasteiger partial charge on any atom is 2.00 e. The molecule has 6 heterocycles. The van der Waals surface area contributed by atoms with Crippen molar-refractivity contribution in [1.82, 2.24) is 14.4 Å². The number of imidazole rings is 1. The van der Waals surface area contributed by atoms with Crippen molar-refractivity contribution < 1.29 is 25.8 Å². The second kappa shape index (κ2) is 10.8. The SMILES string of the molecule is CC1(C)c2cccc3c4ccc(Oc5[c-]c6c(cc5)N(c5ccccc5)B5c7ccccc7-c7cccnc7N56)[c-]c4c4ncc(n4c23)C1(C)C.[Pt+2]. The number of anilines is 4. The fraction of sp³-hybridized carbons (Fsp3) is 0.136. The van der Waals surface area contributed by atoms with E-state index < -0.39 is 0 Å². The molecule has 52 heavy (non-hydrogen) atoms. The molecule has 0 N–H and O–H groups in total. The van der Waals surface area contributed by atoms with Gasteiger partial charge in [0.25, 0.3) is 0 Å². The van der Waals surface area contributed by atoms with Crippen LogP contribution < -0.4 is 19.8 Å². The van der Waals surface area contributed by atoms with Crippen LogP contribution in [0, 0.1) is 12.1 Å². The molecule has 0 fully saturated rings. The van der Waals surface area contributed by atoms with Crippen molar-refractivity contribution in [2.24, 2.45) is 0 Å². The predicted octanol–water partition coefficient (Wildman–Crippen LogP) is 9.66. The Labute approximate surface area is 317 Å². The van der Waals surface area contributed by atoms with Gasteiger partial charge in [0.2, 0.25) is 0 Å². The average Bonchev–Trinajstić information content (AvgIpc) is 3.76. The standard InChI is InChI=1S/C44H32BN5O.Pt/c1-43(2)35-17-10-15-32-30-21-19-28(24-34(30)41-47-26-39(44(43,3)4)48(41)40(32)35)51-29-20-22-37-38(25-29)50-42-33(16-11-23-46-42)31-14-8-9-18-36(31)45(50)49(37)27-12-6-5-7-13-27;/h5-23,26H,1-4H3;/q-2;+2. The van der Waals surface area contributed by atoms with E-state index in [1.807, 2.05) is 24.4 Å². The summed E-state index contributed by atoms with van der Waals surface area (Å²) < 4.78 is 9.01. The Morgan fingerprint density at radius 2 is 1.44 bits per heavy atom. The van der Waals surface area contributed by atoms with E-state index >= 15 is 0 Å². The van der Waals surface area contributed by atoms with E-state index in [1.54, 1.807) is 0 Å². The maximum absolute atomic E-state index is 6.66. The first kappa shape index (κ1) is 31.4. The number of hydrogen-bond acceptors (Lipinski definition) is 5. The van der Waals surface area contributed by atoms with Crippen molar-refractivity contribution >= 4 is 62.6 Å². The van der Waals surface area contributed by atoms with E-state index in [1.165, 1.54) is 33.2 Å². The van der Waals surface area contributed by atoms with Crippen LogP contribution in [0.5, 0.6) is 11.5 Å². The Morgan fingerprint density at radius 3 is 2.31 bits per heavy atom. The predicted molar refractivity (Wildman–Crippen MR) is 206 cm³/mol. The zero-order valence-corrected chi connectivity index (χ0v) is 31.4. The molecule has 0 radical (unpaired) electrons. The van der Waals surface area contributed by atoms with Crippen molar-refractivity contribution in [2.75, 3.05) is 9.62 Å². The summed E-state index contributed by atoms with van der Waals surface area (Å²) in [5.74, 6) is 2.14. The van der Waals surface area contributed by atoms with Crippen LogP contribution in [-0.4, -0.2) is 21.4 Å². The molecule has 11 rings (SSSR count). The van der Waals surface area contributed by atoms with Crippen molar-refractivity contribution in [1.29, 1.82) is 0 Å². The van der Waals surface area contributed by atoms with Gasteiger partial charge in [0.15, 0.2) is 0 Å². The van der Waals surface area contributed by atoms with E-state index in [-0.39, 0.29) is 38.9 Å². The molecule has 0 atom stereocenters. The fourth-order valence-corrected chi connectivity index (χ4v) is 8.81. The van der Waals surface area contributed by atoms with Gasteiger partial charge in [0, 0.05) is 57.2 Å². The Balaban J connectivity index is 0.00000338. The van der Waals surface area contributed by atoms with E-state index in [0.717, 1.165) is 44.9 Å². The molecular formula is C44H32BN5OPt. The van der Waals surface area contributed by atoms with Crippen molar-refractivity contribution in [3.05, 3.63) is 145 Å². The van der Waals surface area contributed by atoms with Crippen molar-refractivity contribution in [3.8, 4) is 22.6 Å². The van der Waals surface area contributed by atoms with Gasteiger partial charge in [-0.2, -0.15) is 0 Å². The van der Waals surface area contributed by atoms with E-state index in [0.29, 0.717) is 11.5 Å². The van der Waals surface area contributed by atoms with Gasteiger partial charge in [0.05, 0.1) is 5.65 Å². The van der Waals surface area contributed by atoms with Gasteiger partial charge in [-0.15, -0.1) is 30.3 Å². The second-order valence-corrected chi connectivity index (χ2v) is 14.9. The number of nitrogens with zero attached hydrogens (tertiary/aromatic N) is 5. The molecule has 6 nitrogen and oxygen atoms in total. The second-order valence-electron chi connectivity index (χ2n) is 14.9. The first-order chi connectivity index (χ1) is 24.8. The van der Waals surface area contributed by atoms with Crippen LogP contribution in [0.1, 0.15) is 39.0 Å². The largest absolute Gasteiger partial charge is 2.00 e. The molecule has 0 bridgehead atoms. The van der Waals surface area contributed by atoms with E-state index in [4.69, 9.17) is 14.7 Å². The first-order valence-electron chi connectivity index (χ1n) is 17.5. The third-order valence-electron chi connectivity index (χ3n) is 12.0. The molecule has 8 heteroatoms. The van der Waals surface area contributed by atoms with Gasteiger partial charge < -0.3 is 18.8 Å². The van der Waals surface area contributed by atoms with Gasteiger partial charge in [-0.25, -0.2) is 4.98 Å². The molecule has 3 aromatic heterocycles. The molecule has 0 unspecified atom stereocenters. The zero-order valence-electron chi connectivity index (χ0n) is 29.1. The van der Waals surface area contributed by atoms with Crippen molar-refractivity contribution in [3.63, 3.8) is 0 Å². The molecule has 3 aliphatic heterocycles. The van der Waals surface area contributed by atoms with Crippen LogP contribution in [0.4, 0.5) is 22.9 Å². The number of para-hydroxylation sites is 2. The minimum Gasteiger partial charge on any atom is -0.503 e. The Kier molecular flexibility index (Phi) is 6.52. The molecule has 0 spiro atoms. The summed E-state index contributed by atoms with van der Waals surface area (Å²) in [5.41, 5.74) is 11.1. The summed E-state index contributed by atoms with van der Waals surface area (Å²) in [4.78, 5) is 14.7. The Bertz CT molecular complexity index is 2780. The minimum absolute atomic E-state index is 0. The third kappa shape index (κ3) is 3.95. The molecule has 0 amide bonds. The van der Waals surface area contributed by atoms with Crippen LogP contribution >= 0.6 is 0 Å². The topological polar surface area (TPSA) is 45.9 Å². The number of aromatic nitrogens is 3. The summed E-state index contributed by atoms with van der Waals surface area (Å²) >= 11 is 0. The molecule has 3 aliphatic rings. The zero-order chi connectivity index (χ0) is 34.2. The monoisotopic (exact) mass is 852 g/mol. The number of hydrogen-bond donors (Lipinski definition) is 0. The number of ether oxygens (including phenoxy) is 1. The quantitative estimate of drug-likeness (QED) is 0.101. The molecule has 5 aromatic carbocycles. The van der Waals surface area contributed by atoms with Crippen LogP contribution in [0.15, 0.2) is 122 Å². The van der Waals surface area contributed by atoms with Gasteiger partial charge >= 0.3 is 28.0 Å². The van der Waals surface area contributed by atoms with Crippen LogP contribution in [-0.2, 0) is 31.9 Å². The summed E-state index contributed by atoms with van der Waals surface area (Å²) in [6, 6.07) is 45.7. The summed E-state index contributed by atoms with van der Waals surface area (Å²) in [7, 11) is 0. The third-order valence-corrected chi connectivity index (χ3v) is 12.0. The normalized spacial score (nSPS) is 15.7. The summed E-state index contributed by atoms with van der Waals surface area (Å²) in [5, 5.41) is 3.27. The van der Waals surface area contributed by atoms with E-state index in [9.17, 15) is 0 Å². The van der Waals surface area contributed by atoms with Gasteiger partial charge in [0.1, 0.15) is 5.82 Å². The molecule has 0 saturated heterocycles. The summed E-state index contributed by atoms with van der Waals surface area (Å²) in [6.07, 6.45) is 3.92. The minimum atomic E-state index is -0.131. The Morgan fingerprint density at radius 1 is 0.673 bits per heavy atom. The van der Waals surface area contributed by atoms with Gasteiger partial charge in [-0.05, 0) is 46.2 Å². The van der Waals surface area contributed by atoms with Gasteiger partial charge in [-0.1, -0.05) is 117 Å². The Hall–Kier alpha value is -5.39. The number of rotatable bonds is 3. The molecule has 0 aliphatic carbocycles. The van der Waals surface area contributed by atoms with Crippen LogP contribution in [0.3, 0.4) is 0 Å².